The number of esters is 1. The van der Waals surface area contributed by atoms with Crippen LogP contribution in [0, 0.1) is 17.8 Å². The van der Waals surface area contributed by atoms with Gasteiger partial charge >= 0.3 is 5.97 Å². The van der Waals surface area contributed by atoms with Crippen LogP contribution in [0.1, 0.15) is 52.9 Å². The number of fused-ring (bicyclic) bond motifs is 1. The minimum Gasteiger partial charge on any atom is -0.461 e. The van der Waals surface area contributed by atoms with E-state index in [-0.39, 0.29) is 30.9 Å². The number of ether oxygens (including phenoxy) is 2. The smallest absolute Gasteiger partial charge is 0.313 e. The third-order valence-electron chi connectivity index (χ3n) is 7.90. The van der Waals surface area contributed by atoms with Gasteiger partial charge in [0.1, 0.15) is 24.2 Å². The Morgan fingerprint density at radius 1 is 1.29 bits per heavy atom. The highest BCUT2D eigenvalue weighted by molar-refractivity contribution is 5.98. The molecule has 2 amide bonds. The Bertz CT molecular complexity index is 815. The van der Waals surface area contributed by atoms with Crippen LogP contribution in [0.2, 0.25) is 0 Å². The fourth-order valence-corrected chi connectivity index (χ4v) is 6.21. The first kappa shape index (κ1) is 26.4. The monoisotopic (exact) mass is 476 g/mol. The highest BCUT2D eigenvalue weighted by Gasteiger charge is 2.80. The Hall–Kier alpha value is -2.19. The summed E-state index contributed by atoms with van der Waals surface area (Å²) in [5.41, 5.74) is -1.97. The second kappa shape index (κ2) is 10.6. The molecule has 0 saturated carbocycles. The average Bonchev–Trinajstić information content (AvgIpc) is 3.31. The lowest BCUT2D eigenvalue weighted by Crippen LogP contribution is -2.56. The first-order valence-electron chi connectivity index (χ1n) is 12.5. The summed E-state index contributed by atoms with van der Waals surface area (Å²) in [7, 11) is 0. The minimum absolute atomic E-state index is 0.0103. The molecule has 0 aromatic heterocycles. The standard InChI is InChI=1S/C26H40N2O6/c1-6-9-13-27(12-7-2)23(31)21-26-17-18(4)25(5,34-26)20(24(32)33-16-8-3)19(26)22(30)28(21)14-10-11-15-29/h7-8,18-21,29H,2-3,6,9-17H2,1,4-5H3/t18?,19-,20-,21?,25+,26?/m0/s1. The van der Waals surface area contributed by atoms with Crippen LogP contribution in [0.25, 0.3) is 0 Å². The average molecular weight is 477 g/mol. The molecule has 3 rings (SSSR count). The third-order valence-corrected chi connectivity index (χ3v) is 7.90. The van der Waals surface area contributed by atoms with Crippen molar-refractivity contribution in [2.24, 2.45) is 17.8 Å². The Morgan fingerprint density at radius 2 is 2.03 bits per heavy atom. The van der Waals surface area contributed by atoms with Crippen LogP contribution in [0.5, 0.6) is 0 Å². The molecule has 0 radical (unpaired) electrons. The summed E-state index contributed by atoms with van der Waals surface area (Å²) in [4.78, 5) is 44.5. The normalized spacial score (nSPS) is 33.6. The van der Waals surface area contributed by atoms with Crippen molar-refractivity contribution in [3.8, 4) is 0 Å². The van der Waals surface area contributed by atoms with Gasteiger partial charge in [-0.25, -0.2) is 0 Å². The van der Waals surface area contributed by atoms with E-state index in [2.05, 4.69) is 20.1 Å². The number of amides is 2. The maximum Gasteiger partial charge on any atom is 0.313 e. The van der Waals surface area contributed by atoms with Gasteiger partial charge in [-0.2, -0.15) is 0 Å². The molecule has 0 aromatic carbocycles. The van der Waals surface area contributed by atoms with E-state index in [4.69, 9.17) is 9.47 Å². The van der Waals surface area contributed by atoms with Gasteiger partial charge in [0.15, 0.2) is 0 Å². The first-order valence-corrected chi connectivity index (χ1v) is 12.5. The number of hydrogen-bond donors (Lipinski definition) is 1. The van der Waals surface area contributed by atoms with Crippen LogP contribution in [0.15, 0.2) is 25.3 Å². The molecular formula is C26H40N2O6. The van der Waals surface area contributed by atoms with E-state index in [0.717, 1.165) is 12.8 Å². The van der Waals surface area contributed by atoms with Gasteiger partial charge in [-0.15, -0.1) is 6.58 Å². The van der Waals surface area contributed by atoms with Crippen molar-refractivity contribution < 1.29 is 29.0 Å². The van der Waals surface area contributed by atoms with E-state index in [9.17, 15) is 19.5 Å². The second-order valence-electron chi connectivity index (χ2n) is 10.0. The Balaban J connectivity index is 2.05. The van der Waals surface area contributed by atoms with Gasteiger partial charge in [-0.05, 0) is 38.5 Å². The zero-order valence-corrected chi connectivity index (χ0v) is 20.8. The van der Waals surface area contributed by atoms with E-state index in [0.29, 0.717) is 38.9 Å². The van der Waals surface area contributed by atoms with Crippen molar-refractivity contribution in [1.29, 1.82) is 0 Å². The van der Waals surface area contributed by atoms with Crippen LogP contribution in [-0.4, -0.2) is 82.8 Å². The third kappa shape index (κ3) is 4.19. The Morgan fingerprint density at radius 3 is 2.65 bits per heavy atom. The van der Waals surface area contributed by atoms with Gasteiger partial charge < -0.3 is 24.4 Å². The lowest BCUT2D eigenvalue weighted by molar-refractivity contribution is -0.161. The van der Waals surface area contributed by atoms with Gasteiger partial charge in [0.2, 0.25) is 11.8 Å². The first-order chi connectivity index (χ1) is 16.2. The molecule has 3 saturated heterocycles. The predicted octanol–water partition coefficient (Wildman–Crippen LogP) is 2.31. The number of carbonyl (C=O) groups excluding carboxylic acids is 3. The molecule has 3 aliphatic rings. The Labute approximate surface area is 202 Å². The molecular weight excluding hydrogens is 436 g/mol. The highest BCUT2D eigenvalue weighted by atomic mass is 16.6. The SMILES string of the molecule is C=CCOC(=O)[C@@H]1[C@H]2C(=O)N(CCCCO)C(C(=O)N(CC=C)CCCC)C23CC(C)[C@@]1(C)O3. The van der Waals surface area contributed by atoms with Crippen LogP contribution < -0.4 is 0 Å². The molecule has 1 N–H and O–H groups in total. The molecule has 3 heterocycles. The molecule has 0 aliphatic carbocycles. The minimum atomic E-state index is -1.08. The molecule has 34 heavy (non-hydrogen) atoms. The van der Waals surface area contributed by atoms with Crippen molar-refractivity contribution in [3.05, 3.63) is 25.3 Å². The summed E-state index contributed by atoms with van der Waals surface area (Å²) in [5.74, 6) is -2.47. The summed E-state index contributed by atoms with van der Waals surface area (Å²) in [6.07, 6.45) is 6.57. The van der Waals surface area contributed by atoms with Crippen molar-refractivity contribution >= 4 is 17.8 Å². The predicted molar refractivity (Wildman–Crippen MR) is 128 cm³/mol. The molecule has 3 aliphatic heterocycles. The van der Waals surface area contributed by atoms with Gasteiger partial charge in [-0.1, -0.05) is 39.0 Å². The van der Waals surface area contributed by atoms with Crippen molar-refractivity contribution in [3.63, 3.8) is 0 Å². The van der Waals surface area contributed by atoms with Crippen LogP contribution >= 0.6 is 0 Å². The van der Waals surface area contributed by atoms with E-state index in [1.165, 1.54) is 6.08 Å². The number of hydrogen-bond acceptors (Lipinski definition) is 6. The zero-order valence-electron chi connectivity index (χ0n) is 20.8. The quantitative estimate of drug-likeness (QED) is 0.249. The summed E-state index contributed by atoms with van der Waals surface area (Å²) in [5, 5.41) is 9.28. The molecule has 190 valence electrons. The topological polar surface area (TPSA) is 96.4 Å². The van der Waals surface area contributed by atoms with Crippen molar-refractivity contribution in [1.82, 2.24) is 9.80 Å². The Kier molecular flexibility index (Phi) is 8.24. The fraction of sp³-hybridized carbons (Fsp3) is 0.731. The zero-order chi connectivity index (χ0) is 25.1. The van der Waals surface area contributed by atoms with E-state index >= 15 is 0 Å². The maximum absolute atomic E-state index is 14.0. The van der Waals surface area contributed by atoms with Crippen molar-refractivity contribution in [2.75, 3.05) is 32.8 Å². The molecule has 2 bridgehead atoms. The summed E-state index contributed by atoms with van der Waals surface area (Å²) in [6.45, 7) is 14.7. The lowest BCUT2D eigenvalue weighted by atomic mass is 9.62. The molecule has 0 aromatic rings. The van der Waals surface area contributed by atoms with Gasteiger partial charge in [0.25, 0.3) is 0 Å². The number of rotatable bonds is 13. The van der Waals surface area contributed by atoms with Gasteiger partial charge in [-0.3, -0.25) is 14.4 Å². The number of likely N-dealkylation sites (tertiary alicyclic amines) is 1. The number of unbranched alkanes of at least 4 members (excludes halogenated alkanes) is 2. The van der Waals surface area contributed by atoms with Gasteiger partial charge in [0, 0.05) is 26.2 Å². The molecule has 3 fully saturated rings. The summed E-state index contributed by atoms with van der Waals surface area (Å²) >= 11 is 0. The number of aliphatic hydroxyl groups excluding tert-OH is 1. The number of carbonyl (C=O) groups is 3. The fourth-order valence-electron chi connectivity index (χ4n) is 6.21. The number of aliphatic hydroxyl groups is 1. The second-order valence-corrected chi connectivity index (χ2v) is 10.0. The number of nitrogens with zero attached hydrogens (tertiary/aromatic N) is 2. The van der Waals surface area contributed by atoms with Gasteiger partial charge in [0.05, 0.1) is 11.5 Å². The van der Waals surface area contributed by atoms with Crippen molar-refractivity contribution in [2.45, 2.75) is 70.1 Å². The lowest BCUT2D eigenvalue weighted by Gasteiger charge is -2.37. The van der Waals surface area contributed by atoms with E-state index < -0.39 is 35.0 Å². The van der Waals surface area contributed by atoms with Crippen LogP contribution in [0.4, 0.5) is 0 Å². The largest absolute Gasteiger partial charge is 0.461 e. The maximum atomic E-state index is 14.0. The summed E-state index contributed by atoms with van der Waals surface area (Å²) < 4.78 is 12.1. The molecule has 1 spiro atoms. The molecule has 3 unspecified atom stereocenters. The summed E-state index contributed by atoms with van der Waals surface area (Å²) in [6, 6.07) is -0.818. The molecule has 6 atom stereocenters. The van der Waals surface area contributed by atoms with Crippen LogP contribution in [-0.2, 0) is 23.9 Å². The molecule has 8 nitrogen and oxygen atoms in total. The molecule has 8 heteroatoms. The highest BCUT2D eigenvalue weighted by Crippen LogP contribution is 2.65. The van der Waals surface area contributed by atoms with Crippen LogP contribution in [0.3, 0.4) is 0 Å². The van der Waals surface area contributed by atoms with E-state index in [1.54, 1.807) is 15.9 Å². The van der Waals surface area contributed by atoms with E-state index in [1.807, 2.05) is 13.8 Å².